The minimum Gasteiger partial charge on any atom is -0.481 e. The maximum absolute atomic E-state index is 5.30. The lowest BCUT2D eigenvalue weighted by Gasteiger charge is -2.25. The molecule has 0 radical (unpaired) electrons. The van der Waals surface area contributed by atoms with E-state index < -0.39 is 0 Å². The van der Waals surface area contributed by atoms with Crippen molar-refractivity contribution in [1.29, 1.82) is 0 Å². The number of aliphatic imine (C=N–C) groups is 1. The van der Waals surface area contributed by atoms with Crippen molar-refractivity contribution in [3.8, 4) is 5.88 Å². The third-order valence-electron chi connectivity index (χ3n) is 4.68. The third kappa shape index (κ3) is 8.99. The highest BCUT2D eigenvalue weighted by Crippen LogP contribution is 2.14. The Morgan fingerprint density at radius 2 is 1.93 bits per heavy atom. The van der Waals surface area contributed by atoms with E-state index in [0.717, 1.165) is 37.6 Å². The van der Waals surface area contributed by atoms with Crippen LogP contribution in [-0.4, -0.2) is 49.1 Å². The van der Waals surface area contributed by atoms with E-state index in [4.69, 9.17) is 4.74 Å². The van der Waals surface area contributed by atoms with Crippen LogP contribution >= 0.6 is 24.0 Å². The van der Waals surface area contributed by atoms with Crippen molar-refractivity contribution >= 4 is 29.9 Å². The van der Waals surface area contributed by atoms with Crippen LogP contribution in [0.3, 0.4) is 0 Å². The van der Waals surface area contributed by atoms with Gasteiger partial charge in [0.25, 0.3) is 0 Å². The summed E-state index contributed by atoms with van der Waals surface area (Å²) in [6, 6.07) is 14.9. The lowest BCUT2D eigenvalue weighted by molar-refractivity contribution is 0.238. The Morgan fingerprint density at radius 1 is 1.17 bits per heavy atom. The quantitative estimate of drug-likeness (QED) is 0.290. The summed E-state index contributed by atoms with van der Waals surface area (Å²) in [5.74, 6) is 1.43. The summed E-state index contributed by atoms with van der Waals surface area (Å²) >= 11 is 0. The molecule has 6 nitrogen and oxygen atoms in total. The van der Waals surface area contributed by atoms with Gasteiger partial charge in [0.1, 0.15) is 0 Å². The molecular weight excluding hydrogens is 477 g/mol. The van der Waals surface area contributed by atoms with Crippen molar-refractivity contribution in [2.24, 2.45) is 4.99 Å². The fraction of sp³-hybridized carbons (Fsp3) is 0.455. The molecule has 1 aromatic heterocycles. The first-order valence-corrected chi connectivity index (χ1v) is 9.88. The zero-order chi connectivity index (χ0) is 20.2. The number of aromatic nitrogens is 1. The summed E-state index contributed by atoms with van der Waals surface area (Å²) in [6.45, 7) is 7.48. The first-order chi connectivity index (χ1) is 13.6. The second kappa shape index (κ2) is 14.2. The molecule has 0 amide bonds. The monoisotopic (exact) mass is 511 g/mol. The van der Waals surface area contributed by atoms with Crippen LogP contribution in [0.25, 0.3) is 0 Å². The SMILES string of the molecule is CCNC(=NCc1cccnc1OC)NCCC(C)N(C)Cc1ccccc1.I. The zero-order valence-corrected chi connectivity index (χ0v) is 20.2. The van der Waals surface area contributed by atoms with Crippen molar-refractivity contribution in [3.63, 3.8) is 0 Å². The van der Waals surface area contributed by atoms with E-state index in [2.05, 4.69) is 76.7 Å². The number of benzene rings is 1. The van der Waals surface area contributed by atoms with E-state index in [1.165, 1.54) is 5.56 Å². The van der Waals surface area contributed by atoms with Crippen molar-refractivity contribution in [1.82, 2.24) is 20.5 Å². The summed E-state index contributed by atoms with van der Waals surface area (Å²) in [4.78, 5) is 11.3. The molecule has 7 heteroatoms. The van der Waals surface area contributed by atoms with Crippen LogP contribution in [0.1, 0.15) is 31.4 Å². The number of guanidine groups is 1. The molecule has 0 aliphatic heterocycles. The van der Waals surface area contributed by atoms with Crippen molar-refractivity contribution in [2.75, 3.05) is 27.2 Å². The fourth-order valence-electron chi connectivity index (χ4n) is 2.88. The Labute approximate surface area is 192 Å². The van der Waals surface area contributed by atoms with E-state index in [1.807, 2.05) is 12.1 Å². The van der Waals surface area contributed by atoms with E-state index >= 15 is 0 Å². The second-order valence-electron chi connectivity index (χ2n) is 6.83. The molecule has 0 spiro atoms. The Balaban J connectivity index is 0.00000420. The van der Waals surface area contributed by atoms with Gasteiger partial charge < -0.3 is 15.4 Å². The van der Waals surface area contributed by atoms with Crippen LogP contribution < -0.4 is 15.4 Å². The minimum atomic E-state index is 0. The van der Waals surface area contributed by atoms with E-state index in [1.54, 1.807) is 13.3 Å². The van der Waals surface area contributed by atoms with Crippen molar-refractivity contribution in [3.05, 3.63) is 59.8 Å². The highest BCUT2D eigenvalue weighted by Gasteiger charge is 2.10. The smallest absolute Gasteiger partial charge is 0.218 e. The van der Waals surface area contributed by atoms with Crippen LogP contribution in [0.2, 0.25) is 0 Å². The van der Waals surface area contributed by atoms with Gasteiger partial charge in [-0.05, 0) is 38.9 Å². The van der Waals surface area contributed by atoms with Gasteiger partial charge >= 0.3 is 0 Å². The standard InChI is InChI=1S/C22H33N5O.HI/c1-5-23-22(26-16-20-12-9-14-24-21(20)28-4)25-15-13-18(2)27(3)17-19-10-7-6-8-11-19;/h6-12,14,18H,5,13,15-17H2,1-4H3,(H2,23,25,26);1H. The van der Waals surface area contributed by atoms with Gasteiger partial charge in [-0.1, -0.05) is 36.4 Å². The molecular formula is C22H34IN5O. The van der Waals surface area contributed by atoms with Gasteiger partial charge in [0.2, 0.25) is 5.88 Å². The van der Waals surface area contributed by atoms with Crippen LogP contribution in [0.4, 0.5) is 0 Å². The zero-order valence-electron chi connectivity index (χ0n) is 17.9. The van der Waals surface area contributed by atoms with E-state index in [9.17, 15) is 0 Å². The number of pyridine rings is 1. The van der Waals surface area contributed by atoms with Gasteiger partial charge in [-0.25, -0.2) is 9.98 Å². The molecule has 2 N–H and O–H groups in total. The number of nitrogens with zero attached hydrogens (tertiary/aromatic N) is 3. The molecule has 2 rings (SSSR count). The molecule has 0 saturated heterocycles. The predicted octanol–water partition coefficient (Wildman–Crippen LogP) is 3.67. The molecule has 0 saturated carbocycles. The van der Waals surface area contributed by atoms with Gasteiger partial charge in [0, 0.05) is 37.4 Å². The van der Waals surface area contributed by atoms with E-state index in [-0.39, 0.29) is 24.0 Å². The highest BCUT2D eigenvalue weighted by atomic mass is 127. The lowest BCUT2D eigenvalue weighted by atomic mass is 10.1. The van der Waals surface area contributed by atoms with Gasteiger partial charge in [-0.15, -0.1) is 24.0 Å². The molecule has 2 aromatic rings. The lowest BCUT2D eigenvalue weighted by Crippen LogP contribution is -2.40. The number of rotatable bonds is 10. The molecule has 1 atom stereocenters. The van der Waals surface area contributed by atoms with Crippen LogP contribution in [0, 0.1) is 0 Å². The molecule has 29 heavy (non-hydrogen) atoms. The number of ether oxygens (including phenoxy) is 1. The average Bonchev–Trinajstić information content (AvgIpc) is 2.72. The first kappa shape index (κ1) is 25.2. The largest absolute Gasteiger partial charge is 0.481 e. The molecule has 0 aliphatic carbocycles. The normalized spacial score (nSPS) is 12.2. The summed E-state index contributed by atoms with van der Waals surface area (Å²) in [6.07, 6.45) is 2.76. The van der Waals surface area contributed by atoms with Gasteiger partial charge in [-0.3, -0.25) is 4.90 Å². The molecule has 0 fully saturated rings. The Hall–Kier alpha value is -1.87. The average molecular weight is 511 g/mol. The third-order valence-corrected chi connectivity index (χ3v) is 4.68. The minimum absolute atomic E-state index is 0. The summed E-state index contributed by atoms with van der Waals surface area (Å²) in [5.41, 5.74) is 2.31. The summed E-state index contributed by atoms with van der Waals surface area (Å²) in [5, 5.41) is 6.73. The van der Waals surface area contributed by atoms with Crippen LogP contribution in [0.5, 0.6) is 5.88 Å². The van der Waals surface area contributed by atoms with Crippen LogP contribution in [0.15, 0.2) is 53.7 Å². The van der Waals surface area contributed by atoms with Crippen molar-refractivity contribution < 1.29 is 4.74 Å². The fourth-order valence-corrected chi connectivity index (χ4v) is 2.88. The second-order valence-corrected chi connectivity index (χ2v) is 6.83. The predicted molar refractivity (Wildman–Crippen MR) is 131 cm³/mol. The van der Waals surface area contributed by atoms with Gasteiger partial charge in [0.05, 0.1) is 13.7 Å². The molecule has 0 aliphatic rings. The Kier molecular flexibility index (Phi) is 12.3. The molecule has 0 bridgehead atoms. The van der Waals surface area contributed by atoms with E-state index in [0.29, 0.717) is 18.5 Å². The number of halogens is 1. The summed E-state index contributed by atoms with van der Waals surface area (Å²) < 4.78 is 5.30. The Bertz CT molecular complexity index is 726. The Morgan fingerprint density at radius 3 is 2.62 bits per heavy atom. The first-order valence-electron chi connectivity index (χ1n) is 9.88. The molecule has 1 aromatic carbocycles. The van der Waals surface area contributed by atoms with Crippen LogP contribution in [-0.2, 0) is 13.1 Å². The summed E-state index contributed by atoms with van der Waals surface area (Å²) in [7, 11) is 3.80. The molecule has 1 unspecified atom stereocenters. The molecule has 1 heterocycles. The number of methoxy groups -OCH3 is 1. The maximum Gasteiger partial charge on any atom is 0.218 e. The maximum atomic E-state index is 5.30. The molecule has 160 valence electrons. The van der Waals surface area contributed by atoms with Crippen molar-refractivity contribution in [2.45, 2.75) is 39.4 Å². The topological polar surface area (TPSA) is 61.8 Å². The highest BCUT2D eigenvalue weighted by molar-refractivity contribution is 14.0. The number of hydrogen-bond donors (Lipinski definition) is 2. The number of nitrogens with one attached hydrogen (secondary N) is 2. The number of hydrogen-bond acceptors (Lipinski definition) is 4. The van der Waals surface area contributed by atoms with Gasteiger partial charge in [0.15, 0.2) is 5.96 Å². The van der Waals surface area contributed by atoms with Gasteiger partial charge in [-0.2, -0.15) is 0 Å².